The Hall–Kier alpha value is -0.0700. The topological polar surface area (TPSA) is 63.3 Å². The number of hydrogen-bond donors (Lipinski definition) is 2. The fourth-order valence-electron chi connectivity index (χ4n) is 1.49. The van der Waals surface area contributed by atoms with Gasteiger partial charge < -0.3 is 10.8 Å². The molecule has 1 aromatic carbocycles. The van der Waals surface area contributed by atoms with Crippen molar-refractivity contribution in [2.45, 2.75) is 19.8 Å². The van der Waals surface area contributed by atoms with Gasteiger partial charge in [-0.1, -0.05) is 22.9 Å². The summed E-state index contributed by atoms with van der Waals surface area (Å²) in [7, 11) is 0. The van der Waals surface area contributed by atoms with Crippen LogP contribution in [0.15, 0.2) is 19.5 Å². The molecule has 17 heavy (non-hydrogen) atoms. The van der Waals surface area contributed by atoms with Gasteiger partial charge in [0.2, 0.25) is 0 Å². The van der Waals surface area contributed by atoms with E-state index in [4.69, 9.17) is 10.8 Å². The number of nitrogen functional groups attached to an aromatic ring is 1. The van der Waals surface area contributed by atoms with Crippen molar-refractivity contribution in [3.8, 4) is 0 Å². The molecule has 0 saturated carbocycles. The SMILES string of the molecule is CCC(Cc1c(Br)cc(Br)c(N)c1Br)C(=O)O. The van der Waals surface area contributed by atoms with E-state index in [9.17, 15) is 4.79 Å². The number of benzene rings is 1. The van der Waals surface area contributed by atoms with Crippen LogP contribution in [-0.2, 0) is 11.2 Å². The van der Waals surface area contributed by atoms with E-state index in [0.717, 1.165) is 19.0 Å². The zero-order valence-corrected chi connectivity index (χ0v) is 13.9. The van der Waals surface area contributed by atoms with Crippen molar-refractivity contribution < 1.29 is 9.90 Å². The van der Waals surface area contributed by atoms with Crippen molar-refractivity contribution in [2.24, 2.45) is 5.92 Å². The van der Waals surface area contributed by atoms with Gasteiger partial charge in [0.25, 0.3) is 0 Å². The van der Waals surface area contributed by atoms with E-state index in [0.29, 0.717) is 18.5 Å². The van der Waals surface area contributed by atoms with Crippen LogP contribution in [0.1, 0.15) is 18.9 Å². The van der Waals surface area contributed by atoms with Gasteiger partial charge in [-0.05, 0) is 56.3 Å². The zero-order chi connectivity index (χ0) is 13.2. The van der Waals surface area contributed by atoms with Gasteiger partial charge in [-0.2, -0.15) is 0 Å². The van der Waals surface area contributed by atoms with Gasteiger partial charge in [-0.15, -0.1) is 0 Å². The Kier molecular flexibility index (Phi) is 5.47. The first-order valence-electron chi connectivity index (χ1n) is 5.03. The molecule has 0 spiro atoms. The van der Waals surface area contributed by atoms with Gasteiger partial charge in [0, 0.05) is 13.4 Å². The first-order chi connectivity index (χ1) is 7.88. The summed E-state index contributed by atoms with van der Waals surface area (Å²) in [6.07, 6.45) is 1.04. The number of halogens is 3. The monoisotopic (exact) mass is 427 g/mol. The van der Waals surface area contributed by atoms with Crippen LogP contribution in [0.4, 0.5) is 5.69 Å². The average Bonchev–Trinajstić information content (AvgIpc) is 2.26. The Morgan fingerprint density at radius 1 is 1.41 bits per heavy atom. The number of carboxylic acid groups (broad SMARTS) is 1. The molecule has 0 saturated heterocycles. The lowest BCUT2D eigenvalue weighted by molar-refractivity contribution is -0.141. The first kappa shape index (κ1) is 15.0. The number of carboxylic acids is 1. The number of anilines is 1. The minimum absolute atomic E-state index is 0.400. The summed E-state index contributed by atoms with van der Waals surface area (Å²) in [5.74, 6) is -1.18. The number of aliphatic carboxylic acids is 1. The molecule has 0 aliphatic heterocycles. The van der Waals surface area contributed by atoms with Crippen molar-refractivity contribution in [3.05, 3.63) is 25.0 Å². The van der Waals surface area contributed by atoms with Crippen LogP contribution in [0.2, 0.25) is 0 Å². The summed E-state index contributed by atoms with van der Waals surface area (Å²) in [4.78, 5) is 11.0. The lowest BCUT2D eigenvalue weighted by Gasteiger charge is -2.15. The molecule has 0 fully saturated rings. The van der Waals surface area contributed by atoms with Gasteiger partial charge in [0.15, 0.2) is 0 Å². The highest BCUT2D eigenvalue weighted by Crippen LogP contribution is 2.38. The van der Waals surface area contributed by atoms with E-state index >= 15 is 0 Å². The quantitative estimate of drug-likeness (QED) is 0.705. The molecule has 1 aromatic rings. The molecule has 0 aromatic heterocycles. The third-order valence-corrected chi connectivity index (χ3v) is 4.86. The third kappa shape index (κ3) is 3.45. The fourth-order valence-corrected chi connectivity index (χ4v) is 3.93. The second-order valence-electron chi connectivity index (χ2n) is 3.69. The largest absolute Gasteiger partial charge is 0.481 e. The van der Waals surface area contributed by atoms with Gasteiger partial charge in [-0.25, -0.2) is 0 Å². The lowest BCUT2D eigenvalue weighted by Crippen LogP contribution is -2.16. The van der Waals surface area contributed by atoms with E-state index in [1.165, 1.54) is 0 Å². The minimum atomic E-state index is -0.784. The van der Waals surface area contributed by atoms with E-state index in [2.05, 4.69) is 47.8 Å². The maximum Gasteiger partial charge on any atom is 0.306 e. The molecule has 1 unspecified atom stereocenters. The highest BCUT2D eigenvalue weighted by Gasteiger charge is 2.20. The van der Waals surface area contributed by atoms with Crippen molar-refractivity contribution in [3.63, 3.8) is 0 Å². The van der Waals surface area contributed by atoms with Crippen LogP contribution in [0.5, 0.6) is 0 Å². The zero-order valence-electron chi connectivity index (χ0n) is 9.14. The molecule has 0 aliphatic carbocycles. The van der Waals surface area contributed by atoms with Crippen LogP contribution in [0.3, 0.4) is 0 Å². The minimum Gasteiger partial charge on any atom is -0.481 e. The molecule has 3 N–H and O–H groups in total. The van der Waals surface area contributed by atoms with Gasteiger partial charge in [0.05, 0.1) is 11.6 Å². The predicted molar refractivity (Wildman–Crippen MR) is 79.1 cm³/mol. The Morgan fingerprint density at radius 2 is 2.00 bits per heavy atom. The molecular weight excluding hydrogens is 418 g/mol. The van der Waals surface area contributed by atoms with Crippen molar-refractivity contribution in [2.75, 3.05) is 5.73 Å². The number of rotatable bonds is 4. The summed E-state index contributed by atoms with van der Waals surface area (Å²) < 4.78 is 2.38. The van der Waals surface area contributed by atoms with E-state index in [-0.39, 0.29) is 0 Å². The molecule has 1 rings (SSSR count). The van der Waals surface area contributed by atoms with Gasteiger partial charge >= 0.3 is 5.97 Å². The van der Waals surface area contributed by atoms with E-state index in [1.807, 2.05) is 13.0 Å². The Balaban J connectivity index is 3.14. The summed E-state index contributed by atoms with van der Waals surface area (Å²) in [6.45, 7) is 1.86. The van der Waals surface area contributed by atoms with Crippen molar-refractivity contribution in [1.29, 1.82) is 0 Å². The highest BCUT2D eigenvalue weighted by atomic mass is 79.9. The normalized spacial score (nSPS) is 12.5. The Morgan fingerprint density at radius 3 is 2.47 bits per heavy atom. The Labute approximate surface area is 125 Å². The number of carbonyl (C=O) groups is 1. The van der Waals surface area contributed by atoms with Crippen LogP contribution < -0.4 is 5.73 Å². The standard InChI is InChI=1S/C11H12Br3NO2/c1-2-5(11(16)17)3-6-7(12)4-8(13)10(15)9(6)14/h4-5H,2-3,15H2,1H3,(H,16,17). The molecule has 6 heteroatoms. The Bertz CT molecular complexity index is 449. The van der Waals surface area contributed by atoms with Crippen LogP contribution in [0, 0.1) is 5.92 Å². The number of hydrogen-bond acceptors (Lipinski definition) is 2. The summed E-state index contributed by atoms with van der Waals surface area (Å²) in [6, 6.07) is 1.84. The average molecular weight is 430 g/mol. The lowest BCUT2D eigenvalue weighted by atomic mass is 9.97. The van der Waals surface area contributed by atoms with Crippen molar-refractivity contribution in [1.82, 2.24) is 0 Å². The molecular formula is C11H12Br3NO2. The maximum atomic E-state index is 11.0. The van der Waals surface area contributed by atoms with E-state index in [1.54, 1.807) is 0 Å². The van der Waals surface area contributed by atoms with E-state index < -0.39 is 11.9 Å². The molecule has 0 amide bonds. The first-order valence-corrected chi connectivity index (χ1v) is 7.41. The molecule has 0 aliphatic rings. The highest BCUT2D eigenvalue weighted by molar-refractivity contribution is 9.11. The molecule has 0 radical (unpaired) electrons. The van der Waals surface area contributed by atoms with Crippen molar-refractivity contribution >= 4 is 59.4 Å². The number of nitrogens with two attached hydrogens (primary N) is 1. The summed E-state index contributed by atoms with van der Waals surface area (Å²) in [5.41, 5.74) is 7.36. The molecule has 1 atom stereocenters. The van der Waals surface area contributed by atoms with Crippen LogP contribution in [-0.4, -0.2) is 11.1 Å². The third-order valence-electron chi connectivity index (χ3n) is 2.59. The van der Waals surface area contributed by atoms with Gasteiger partial charge in [0.1, 0.15) is 0 Å². The molecule has 0 bridgehead atoms. The molecule has 0 heterocycles. The predicted octanol–water partition coefficient (Wildman–Crippen LogP) is 4.21. The second kappa shape index (κ2) is 6.20. The summed E-state index contributed by atoms with van der Waals surface area (Å²) in [5, 5.41) is 9.07. The fraction of sp³-hybridized carbons (Fsp3) is 0.364. The van der Waals surface area contributed by atoms with Crippen LogP contribution in [0.25, 0.3) is 0 Å². The van der Waals surface area contributed by atoms with Crippen LogP contribution >= 0.6 is 47.8 Å². The molecule has 94 valence electrons. The maximum absolute atomic E-state index is 11.0. The second-order valence-corrected chi connectivity index (χ2v) is 6.20. The molecule has 3 nitrogen and oxygen atoms in total. The van der Waals surface area contributed by atoms with Gasteiger partial charge in [-0.3, -0.25) is 4.79 Å². The summed E-state index contributed by atoms with van der Waals surface area (Å²) >= 11 is 10.2. The smallest absolute Gasteiger partial charge is 0.306 e.